The van der Waals surface area contributed by atoms with Crippen molar-refractivity contribution in [3.8, 4) is 0 Å². The van der Waals surface area contributed by atoms with E-state index in [0.717, 1.165) is 26.2 Å². The van der Waals surface area contributed by atoms with Crippen LogP contribution in [0.4, 0.5) is 0 Å². The smallest absolute Gasteiger partial charge is 0.194 e. The first-order valence-corrected chi connectivity index (χ1v) is 7.48. The highest BCUT2D eigenvalue weighted by molar-refractivity contribution is 9.10. The van der Waals surface area contributed by atoms with Crippen LogP contribution in [0.25, 0.3) is 4.96 Å². The fourth-order valence-corrected chi connectivity index (χ4v) is 3.80. The van der Waals surface area contributed by atoms with E-state index < -0.39 is 0 Å². The zero-order chi connectivity index (χ0) is 11.8. The Labute approximate surface area is 114 Å². The molecule has 0 spiro atoms. The van der Waals surface area contributed by atoms with Crippen molar-refractivity contribution in [2.24, 2.45) is 7.05 Å². The van der Waals surface area contributed by atoms with E-state index in [-0.39, 0.29) is 0 Å². The van der Waals surface area contributed by atoms with Crippen molar-refractivity contribution in [3.05, 3.63) is 28.2 Å². The third kappa shape index (κ3) is 2.00. The van der Waals surface area contributed by atoms with Gasteiger partial charge in [0, 0.05) is 24.4 Å². The van der Waals surface area contributed by atoms with Gasteiger partial charge in [-0.05, 0) is 15.9 Å². The maximum atomic E-state index is 4.56. The van der Waals surface area contributed by atoms with E-state index in [1.165, 1.54) is 0 Å². The van der Waals surface area contributed by atoms with Gasteiger partial charge in [-0.3, -0.25) is 4.40 Å². The SMILES string of the molecule is Cn1cnnc1SCc1nc2sccn2c1Br. The van der Waals surface area contributed by atoms with Crippen LogP contribution in [-0.2, 0) is 12.8 Å². The average molecular weight is 330 g/mol. The summed E-state index contributed by atoms with van der Waals surface area (Å²) in [6.07, 6.45) is 3.71. The van der Waals surface area contributed by atoms with Gasteiger partial charge in [0.05, 0.1) is 5.69 Å². The van der Waals surface area contributed by atoms with Gasteiger partial charge in [-0.15, -0.1) is 21.5 Å². The van der Waals surface area contributed by atoms with Crippen molar-refractivity contribution >= 4 is 44.0 Å². The van der Waals surface area contributed by atoms with E-state index in [1.54, 1.807) is 29.4 Å². The lowest BCUT2D eigenvalue weighted by atomic mass is 10.6. The van der Waals surface area contributed by atoms with E-state index in [9.17, 15) is 0 Å². The van der Waals surface area contributed by atoms with Crippen molar-refractivity contribution in [1.29, 1.82) is 0 Å². The van der Waals surface area contributed by atoms with Crippen molar-refractivity contribution < 1.29 is 0 Å². The summed E-state index contributed by atoms with van der Waals surface area (Å²) in [6, 6.07) is 0. The number of hydrogen-bond donors (Lipinski definition) is 0. The van der Waals surface area contributed by atoms with Crippen LogP contribution in [0, 0.1) is 0 Å². The first-order valence-electron chi connectivity index (χ1n) is 4.82. The predicted octanol–water partition coefficient (Wildman–Crippen LogP) is 2.58. The second-order valence-electron chi connectivity index (χ2n) is 3.42. The number of imidazole rings is 1. The van der Waals surface area contributed by atoms with Crippen molar-refractivity contribution in [3.63, 3.8) is 0 Å². The fourth-order valence-electron chi connectivity index (χ4n) is 1.43. The number of nitrogens with zero attached hydrogens (tertiary/aromatic N) is 5. The lowest BCUT2D eigenvalue weighted by Gasteiger charge is -1.98. The molecule has 0 aliphatic rings. The van der Waals surface area contributed by atoms with Gasteiger partial charge in [-0.2, -0.15) is 0 Å². The zero-order valence-corrected chi connectivity index (χ0v) is 12.1. The van der Waals surface area contributed by atoms with Gasteiger partial charge >= 0.3 is 0 Å². The molecule has 0 N–H and O–H groups in total. The molecular weight excluding hydrogens is 322 g/mol. The molecule has 0 fully saturated rings. The number of thioether (sulfide) groups is 1. The Bertz CT molecular complexity index is 655. The molecule has 17 heavy (non-hydrogen) atoms. The van der Waals surface area contributed by atoms with Crippen molar-refractivity contribution in [2.75, 3.05) is 0 Å². The molecule has 0 saturated carbocycles. The van der Waals surface area contributed by atoms with E-state index in [1.807, 2.05) is 27.6 Å². The molecule has 0 aliphatic carbocycles. The molecule has 0 atom stereocenters. The maximum absolute atomic E-state index is 4.56. The number of aromatic nitrogens is 5. The van der Waals surface area contributed by atoms with Gasteiger partial charge in [0.1, 0.15) is 10.9 Å². The van der Waals surface area contributed by atoms with Crippen molar-refractivity contribution in [1.82, 2.24) is 24.1 Å². The quantitative estimate of drug-likeness (QED) is 0.693. The minimum absolute atomic E-state index is 0.779. The zero-order valence-electron chi connectivity index (χ0n) is 8.87. The number of halogens is 1. The third-order valence-corrected chi connectivity index (χ3v) is 4.92. The van der Waals surface area contributed by atoms with Gasteiger partial charge in [-0.25, -0.2) is 4.98 Å². The van der Waals surface area contributed by atoms with Gasteiger partial charge in [0.2, 0.25) is 0 Å². The Morgan fingerprint density at radius 1 is 1.53 bits per heavy atom. The summed E-state index contributed by atoms with van der Waals surface area (Å²) in [7, 11) is 1.93. The first kappa shape index (κ1) is 11.2. The molecule has 3 rings (SSSR count). The molecule has 3 heterocycles. The third-order valence-electron chi connectivity index (χ3n) is 2.28. The van der Waals surface area contributed by atoms with Crippen LogP contribution in [0.2, 0.25) is 0 Å². The van der Waals surface area contributed by atoms with E-state index >= 15 is 0 Å². The number of aryl methyl sites for hydroxylation is 1. The van der Waals surface area contributed by atoms with Gasteiger partial charge in [-0.1, -0.05) is 11.8 Å². The molecule has 0 aromatic carbocycles. The molecule has 0 saturated heterocycles. The number of rotatable bonds is 3. The highest BCUT2D eigenvalue weighted by Gasteiger charge is 2.12. The van der Waals surface area contributed by atoms with Gasteiger partial charge in [0.25, 0.3) is 0 Å². The summed E-state index contributed by atoms with van der Waals surface area (Å²) >= 11 is 6.82. The van der Waals surface area contributed by atoms with Gasteiger partial charge < -0.3 is 4.57 Å². The summed E-state index contributed by atoms with van der Waals surface area (Å²) in [6.45, 7) is 0. The molecule has 3 aromatic heterocycles. The monoisotopic (exact) mass is 329 g/mol. The van der Waals surface area contributed by atoms with Crippen LogP contribution in [0.15, 0.2) is 27.7 Å². The van der Waals surface area contributed by atoms with Crippen LogP contribution in [-0.4, -0.2) is 24.1 Å². The molecule has 3 aromatic rings. The summed E-state index contributed by atoms with van der Waals surface area (Å²) in [5, 5.41) is 10.8. The first-order chi connectivity index (χ1) is 8.25. The largest absolute Gasteiger partial charge is 0.312 e. The lowest BCUT2D eigenvalue weighted by molar-refractivity contribution is 0.788. The van der Waals surface area contributed by atoms with E-state index in [0.29, 0.717) is 0 Å². The van der Waals surface area contributed by atoms with Crippen LogP contribution >= 0.6 is 39.0 Å². The Kier molecular flexibility index (Phi) is 2.93. The summed E-state index contributed by atoms with van der Waals surface area (Å²) in [4.78, 5) is 5.56. The highest BCUT2D eigenvalue weighted by Crippen LogP contribution is 2.27. The Hall–Kier alpha value is -0.860. The molecule has 88 valence electrons. The topological polar surface area (TPSA) is 48.0 Å². The molecule has 0 bridgehead atoms. The van der Waals surface area contributed by atoms with E-state index in [2.05, 4.69) is 31.1 Å². The minimum Gasteiger partial charge on any atom is -0.312 e. The Morgan fingerprint density at radius 2 is 2.41 bits per heavy atom. The average Bonchev–Trinajstić information content (AvgIpc) is 2.97. The molecule has 0 amide bonds. The molecule has 0 radical (unpaired) electrons. The molecule has 5 nitrogen and oxygen atoms in total. The van der Waals surface area contributed by atoms with E-state index in [4.69, 9.17) is 0 Å². The summed E-state index contributed by atoms with van der Waals surface area (Å²) in [5.41, 5.74) is 1.03. The Balaban J connectivity index is 1.83. The molecule has 8 heteroatoms. The Morgan fingerprint density at radius 3 is 3.12 bits per heavy atom. The van der Waals surface area contributed by atoms with Crippen molar-refractivity contribution in [2.45, 2.75) is 10.9 Å². The minimum atomic E-state index is 0.779. The maximum Gasteiger partial charge on any atom is 0.194 e. The fraction of sp³-hybridized carbons (Fsp3) is 0.222. The van der Waals surface area contributed by atoms with Crippen LogP contribution in [0.5, 0.6) is 0 Å². The second kappa shape index (κ2) is 4.43. The summed E-state index contributed by atoms with van der Waals surface area (Å²) < 4.78 is 4.96. The number of thiazole rings is 1. The van der Waals surface area contributed by atoms with Crippen LogP contribution in [0.3, 0.4) is 0 Å². The standard InChI is InChI=1S/C9H8BrN5S2/c1-14-5-11-13-9(14)17-4-6-7(10)15-2-3-16-8(15)12-6/h2-3,5H,4H2,1H3. The predicted molar refractivity (Wildman–Crippen MR) is 71.3 cm³/mol. The second-order valence-corrected chi connectivity index (χ2v) is 5.98. The van der Waals surface area contributed by atoms with Crippen LogP contribution < -0.4 is 0 Å². The molecule has 0 unspecified atom stereocenters. The normalized spacial score (nSPS) is 11.4. The van der Waals surface area contributed by atoms with Gasteiger partial charge in [0.15, 0.2) is 10.1 Å². The molecular formula is C9H8BrN5S2. The lowest BCUT2D eigenvalue weighted by Crippen LogP contribution is -1.90. The van der Waals surface area contributed by atoms with Crippen LogP contribution in [0.1, 0.15) is 5.69 Å². The number of hydrogen-bond acceptors (Lipinski definition) is 5. The summed E-state index contributed by atoms with van der Waals surface area (Å²) in [5.74, 6) is 0.779. The highest BCUT2D eigenvalue weighted by atomic mass is 79.9. The number of fused-ring (bicyclic) bond motifs is 1. The molecule has 0 aliphatic heterocycles.